The Morgan fingerprint density at radius 1 is 0.333 bits per heavy atom. The molecule has 0 aliphatic rings. The van der Waals surface area contributed by atoms with Crippen LogP contribution in [-0.2, 0) is 28.6 Å². The van der Waals surface area contributed by atoms with E-state index in [-0.39, 0.29) is 44.0 Å². The number of esters is 3. The van der Waals surface area contributed by atoms with Crippen LogP contribution in [0.4, 0.5) is 0 Å². The van der Waals surface area contributed by atoms with Crippen molar-refractivity contribution in [2.45, 2.75) is 226 Å². The van der Waals surface area contributed by atoms with Crippen molar-refractivity contribution in [3.63, 3.8) is 0 Å². The zero-order valence-electron chi connectivity index (χ0n) is 42.4. The van der Waals surface area contributed by atoms with Gasteiger partial charge in [0.1, 0.15) is 13.2 Å². The smallest absolute Gasteiger partial charge is 0.306 e. The minimum atomic E-state index is -0.829. The highest BCUT2D eigenvalue weighted by Gasteiger charge is 2.19. The molecule has 0 saturated carbocycles. The van der Waals surface area contributed by atoms with Gasteiger partial charge in [-0.3, -0.25) is 14.4 Å². The molecule has 0 rings (SSSR count). The highest BCUT2D eigenvalue weighted by molar-refractivity contribution is 5.71. The van der Waals surface area contributed by atoms with Crippen LogP contribution in [0.15, 0.2) is 122 Å². The molecule has 0 aliphatic carbocycles. The van der Waals surface area contributed by atoms with Gasteiger partial charge in [0.25, 0.3) is 0 Å². The second-order valence-corrected chi connectivity index (χ2v) is 17.0. The number of carbonyl (C=O) groups is 3. The summed E-state index contributed by atoms with van der Waals surface area (Å²) in [7, 11) is 0. The second-order valence-electron chi connectivity index (χ2n) is 17.0. The summed E-state index contributed by atoms with van der Waals surface area (Å²) in [5.41, 5.74) is 0. The van der Waals surface area contributed by atoms with Crippen molar-refractivity contribution in [2.24, 2.45) is 0 Å². The first-order valence-electron chi connectivity index (χ1n) is 26.6. The minimum absolute atomic E-state index is 0.123. The number of carbonyl (C=O) groups excluding carboxylic acids is 3. The molecule has 372 valence electrons. The summed E-state index contributed by atoms with van der Waals surface area (Å²) in [4.78, 5) is 38.0. The molecule has 0 fully saturated rings. The largest absolute Gasteiger partial charge is 0.462 e. The Morgan fingerprint density at radius 3 is 1.12 bits per heavy atom. The van der Waals surface area contributed by atoms with Gasteiger partial charge in [0.15, 0.2) is 6.10 Å². The second kappa shape index (κ2) is 53.4. The van der Waals surface area contributed by atoms with Crippen molar-refractivity contribution in [2.75, 3.05) is 13.2 Å². The molecule has 0 radical (unpaired) electrons. The van der Waals surface area contributed by atoms with Gasteiger partial charge in [-0.25, -0.2) is 0 Å². The molecule has 0 aromatic heterocycles. The van der Waals surface area contributed by atoms with Crippen LogP contribution in [0.1, 0.15) is 220 Å². The van der Waals surface area contributed by atoms with E-state index in [0.717, 1.165) is 116 Å². The number of allylic oxidation sites excluding steroid dienone is 20. The van der Waals surface area contributed by atoms with Gasteiger partial charge in [0, 0.05) is 19.3 Å². The van der Waals surface area contributed by atoms with Crippen molar-refractivity contribution in [3.8, 4) is 0 Å². The number of hydrogen-bond acceptors (Lipinski definition) is 6. The lowest BCUT2D eigenvalue weighted by Gasteiger charge is -2.18. The van der Waals surface area contributed by atoms with E-state index in [9.17, 15) is 14.4 Å². The topological polar surface area (TPSA) is 78.9 Å². The SMILES string of the molecule is CC/C=C\C/C=C\C/C=C\C/C=C\C/C=C\CCC(=O)OCC(COC(=O)CCCCC/C=C\C=C/CCCCCCCCC)OC(=O)CCCCCCCC/C=C\C/C=C\C/C=C\CC. The maximum absolute atomic E-state index is 12.8. The van der Waals surface area contributed by atoms with Gasteiger partial charge in [-0.1, -0.05) is 213 Å². The lowest BCUT2D eigenvalue weighted by Crippen LogP contribution is -2.30. The van der Waals surface area contributed by atoms with Crippen molar-refractivity contribution < 1.29 is 28.6 Å². The summed E-state index contributed by atoms with van der Waals surface area (Å²) in [6, 6.07) is 0. The third kappa shape index (κ3) is 50.8. The monoisotopic (exact) mass is 913 g/mol. The van der Waals surface area contributed by atoms with Crippen LogP contribution in [0.3, 0.4) is 0 Å². The lowest BCUT2D eigenvalue weighted by molar-refractivity contribution is -0.166. The van der Waals surface area contributed by atoms with E-state index in [1.54, 1.807) is 0 Å². The first kappa shape index (κ1) is 61.8. The molecule has 66 heavy (non-hydrogen) atoms. The number of ether oxygens (including phenoxy) is 3. The average Bonchev–Trinajstić information content (AvgIpc) is 3.31. The van der Waals surface area contributed by atoms with E-state index >= 15 is 0 Å². The summed E-state index contributed by atoms with van der Waals surface area (Å²) >= 11 is 0. The molecule has 0 spiro atoms. The van der Waals surface area contributed by atoms with Gasteiger partial charge < -0.3 is 14.2 Å². The van der Waals surface area contributed by atoms with E-state index in [1.807, 2.05) is 12.2 Å². The molecular formula is C60H96O6. The molecule has 0 aromatic rings. The van der Waals surface area contributed by atoms with Gasteiger partial charge in [0.2, 0.25) is 0 Å². The van der Waals surface area contributed by atoms with Crippen LogP contribution >= 0.6 is 0 Å². The van der Waals surface area contributed by atoms with E-state index in [1.165, 1.54) is 57.8 Å². The molecule has 0 amide bonds. The third-order valence-electron chi connectivity index (χ3n) is 10.7. The maximum atomic E-state index is 12.8. The molecule has 6 nitrogen and oxygen atoms in total. The maximum Gasteiger partial charge on any atom is 0.306 e. The van der Waals surface area contributed by atoms with Gasteiger partial charge >= 0.3 is 17.9 Å². The fourth-order valence-electron chi connectivity index (χ4n) is 6.79. The van der Waals surface area contributed by atoms with Crippen molar-refractivity contribution in [3.05, 3.63) is 122 Å². The Kier molecular flexibility index (Phi) is 50.0. The lowest BCUT2D eigenvalue weighted by atomic mass is 10.1. The van der Waals surface area contributed by atoms with Crippen molar-refractivity contribution in [1.82, 2.24) is 0 Å². The van der Waals surface area contributed by atoms with Crippen molar-refractivity contribution in [1.29, 1.82) is 0 Å². The summed E-state index contributed by atoms with van der Waals surface area (Å²) in [6.45, 7) is 6.29. The molecule has 1 atom stereocenters. The normalized spacial score (nSPS) is 13.1. The first-order chi connectivity index (χ1) is 32.5. The first-order valence-corrected chi connectivity index (χ1v) is 26.6. The molecule has 0 heterocycles. The van der Waals surface area contributed by atoms with Gasteiger partial charge in [-0.15, -0.1) is 0 Å². The average molecular weight is 913 g/mol. The van der Waals surface area contributed by atoms with Crippen molar-refractivity contribution >= 4 is 17.9 Å². The number of hydrogen-bond donors (Lipinski definition) is 0. The summed E-state index contributed by atoms with van der Waals surface area (Å²) in [5.74, 6) is -1.05. The quantitative estimate of drug-likeness (QED) is 0.0199. The molecule has 1 unspecified atom stereocenters. The highest BCUT2D eigenvalue weighted by atomic mass is 16.6. The fraction of sp³-hybridized carbons (Fsp3) is 0.617. The van der Waals surface area contributed by atoms with Crippen LogP contribution in [-0.4, -0.2) is 37.2 Å². The van der Waals surface area contributed by atoms with Gasteiger partial charge in [0.05, 0.1) is 0 Å². The van der Waals surface area contributed by atoms with Crippen LogP contribution in [0.2, 0.25) is 0 Å². The van der Waals surface area contributed by atoms with E-state index in [0.29, 0.717) is 12.8 Å². The van der Waals surface area contributed by atoms with E-state index < -0.39 is 6.10 Å². The third-order valence-corrected chi connectivity index (χ3v) is 10.7. The fourth-order valence-corrected chi connectivity index (χ4v) is 6.79. The zero-order valence-corrected chi connectivity index (χ0v) is 42.4. The molecule has 0 bridgehead atoms. The number of rotatable bonds is 46. The Labute approximate surface area is 405 Å². The molecule has 0 saturated heterocycles. The molecule has 0 aromatic carbocycles. The summed E-state index contributed by atoms with van der Waals surface area (Å²) in [5, 5.41) is 0. The summed E-state index contributed by atoms with van der Waals surface area (Å²) < 4.78 is 16.7. The van der Waals surface area contributed by atoms with Crippen LogP contribution in [0.5, 0.6) is 0 Å². The molecular weight excluding hydrogens is 817 g/mol. The number of unbranched alkanes of at least 4 members (excludes halogenated alkanes) is 16. The van der Waals surface area contributed by atoms with E-state index in [4.69, 9.17) is 14.2 Å². The van der Waals surface area contributed by atoms with Crippen LogP contribution < -0.4 is 0 Å². The van der Waals surface area contributed by atoms with Gasteiger partial charge in [-0.05, 0) is 109 Å². The Morgan fingerprint density at radius 2 is 0.667 bits per heavy atom. The Bertz CT molecular complexity index is 1420. The van der Waals surface area contributed by atoms with Crippen LogP contribution in [0.25, 0.3) is 0 Å². The van der Waals surface area contributed by atoms with Gasteiger partial charge in [-0.2, -0.15) is 0 Å². The Hall–Kier alpha value is -4.19. The van der Waals surface area contributed by atoms with Crippen LogP contribution in [0, 0.1) is 0 Å². The Balaban J connectivity index is 4.58. The highest BCUT2D eigenvalue weighted by Crippen LogP contribution is 2.13. The predicted octanol–water partition coefficient (Wildman–Crippen LogP) is 17.7. The van der Waals surface area contributed by atoms with E-state index in [2.05, 4.69) is 130 Å². The zero-order chi connectivity index (χ0) is 47.9. The molecule has 6 heteroatoms. The molecule has 0 N–H and O–H groups in total. The predicted molar refractivity (Wildman–Crippen MR) is 283 cm³/mol. The molecule has 0 aliphatic heterocycles. The summed E-state index contributed by atoms with van der Waals surface area (Å²) in [6.07, 6.45) is 73.4. The standard InChI is InChI=1S/C60H96O6/c1-4-7-10-13-16-19-22-25-28-31-34-37-40-43-46-49-52-58(61)64-55-57(66-60(63)54-51-48-45-42-39-36-33-30-27-24-21-18-15-12-9-6-3)56-65-59(62)53-50-47-44-41-38-35-32-29-26-23-20-17-14-11-8-5-2/h7,9-10,12,16,18-19,21,25,27-30,32,34-35,37-38,43,46,57H,4-6,8,11,13-15,17,20,22-24,26,31,33,36,39-42,44-45,47-56H2,1-3H3/b10-7-,12-9-,19-16-,21-18-,28-25-,30-27-,32-29-,37-34-,38-35-,46-43-. The minimum Gasteiger partial charge on any atom is -0.462 e.